The van der Waals surface area contributed by atoms with Crippen molar-refractivity contribution in [1.29, 1.82) is 0 Å². The first-order chi connectivity index (χ1) is 14.0. The van der Waals surface area contributed by atoms with Crippen LogP contribution in [0.1, 0.15) is 22.3 Å². The van der Waals surface area contributed by atoms with Gasteiger partial charge in [-0.1, -0.05) is 0 Å². The summed E-state index contributed by atoms with van der Waals surface area (Å²) in [4.78, 5) is 20.8. The number of amides is 1. The fourth-order valence-corrected chi connectivity index (χ4v) is 5.64. The van der Waals surface area contributed by atoms with E-state index in [1.54, 1.807) is 24.5 Å². The number of hydrogen-bond acceptors (Lipinski definition) is 6. The van der Waals surface area contributed by atoms with E-state index in [4.69, 9.17) is 4.74 Å². The average molecular weight is 416 g/mol. The van der Waals surface area contributed by atoms with Crippen molar-refractivity contribution in [2.45, 2.75) is 19.1 Å². The lowest BCUT2D eigenvalue weighted by Gasteiger charge is -2.37. The summed E-state index contributed by atoms with van der Waals surface area (Å²) in [6.07, 6.45) is 4.16. The molecule has 0 N–H and O–H groups in total. The molecule has 2 saturated heterocycles. The van der Waals surface area contributed by atoms with Crippen LogP contribution in [-0.2, 0) is 16.4 Å². The largest absolute Gasteiger partial charge is 0.489 e. The first-order valence-corrected chi connectivity index (χ1v) is 11.7. The average Bonchev–Trinajstić information content (AvgIpc) is 3.13. The topological polar surface area (TPSA) is 79.8 Å². The van der Waals surface area contributed by atoms with Crippen LogP contribution in [-0.4, -0.2) is 72.8 Å². The van der Waals surface area contributed by atoms with Gasteiger partial charge in [0, 0.05) is 50.2 Å². The van der Waals surface area contributed by atoms with Crippen LogP contribution in [0, 0.1) is 0 Å². The number of nitrogens with zero attached hydrogens (tertiary/aromatic N) is 3. The van der Waals surface area contributed by atoms with E-state index in [1.807, 2.05) is 29.2 Å². The Bertz CT molecular complexity index is 940. The highest BCUT2D eigenvalue weighted by Crippen LogP contribution is 2.20. The predicted molar refractivity (Wildman–Crippen MR) is 110 cm³/mol. The number of benzene rings is 1. The molecule has 2 aromatic rings. The van der Waals surface area contributed by atoms with Gasteiger partial charge in [-0.25, -0.2) is 8.42 Å². The van der Waals surface area contributed by atoms with Crippen molar-refractivity contribution in [1.82, 2.24) is 14.8 Å². The summed E-state index contributed by atoms with van der Waals surface area (Å²) in [5, 5.41) is 0. The third kappa shape index (κ3) is 4.94. The van der Waals surface area contributed by atoms with Gasteiger partial charge in [0.25, 0.3) is 5.91 Å². The number of piperazine rings is 1. The van der Waals surface area contributed by atoms with Gasteiger partial charge in [0.1, 0.15) is 12.4 Å². The highest BCUT2D eigenvalue weighted by atomic mass is 32.2. The Kier molecular flexibility index (Phi) is 5.82. The normalized spacial score (nSPS) is 21.8. The molecule has 2 aliphatic rings. The zero-order chi connectivity index (χ0) is 20.3. The van der Waals surface area contributed by atoms with Gasteiger partial charge >= 0.3 is 0 Å². The van der Waals surface area contributed by atoms with Crippen molar-refractivity contribution in [3.63, 3.8) is 0 Å². The number of hydrogen-bond donors (Lipinski definition) is 0. The van der Waals surface area contributed by atoms with Crippen LogP contribution in [0.3, 0.4) is 0 Å². The number of pyridine rings is 1. The molecule has 29 heavy (non-hydrogen) atoms. The molecule has 0 bridgehead atoms. The van der Waals surface area contributed by atoms with Gasteiger partial charge in [0.2, 0.25) is 0 Å². The first-order valence-electron chi connectivity index (χ1n) is 9.86. The van der Waals surface area contributed by atoms with Gasteiger partial charge < -0.3 is 9.64 Å². The number of rotatable bonds is 5. The van der Waals surface area contributed by atoms with E-state index < -0.39 is 9.84 Å². The molecular formula is C21H25N3O4S. The number of sulfone groups is 1. The first kappa shape index (κ1) is 19.8. The highest BCUT2D eigenvalue weighted by Gasteiger charge is 2.34. The van der Waals surface area contributed by atoms with Crippen LogP contribution in [0.25, 0.3) is 0 Å². The number of carbonyl (C=O) groups is 1. The fraction of sp³-hybridized carbons (Fsp3) is 0.429. The monoisotopic (exact) mass is 415 g/mol. The molecule has 0 aliphatic carbocycles. The minimum absolute atomic E-state index is 0.00405. The second-order valence-electron chi connectivity index (χ2n) is 7.55. The van der Waals surface area contributed by atoms with E-state index in [0.29, 0.717) is 37.4 Å². The SMILES string of the molecule is O=C(c1ccc(OCc2ccncc2)cc1)N1CCN([C@@H]2CCS(=O)(=O)C2)CC1. The lowest BCUT2D eigenvalue weighted by Crippen LogP contribution is -2.52. The summed E-state index contributed by atoms with van der Waals surface area (Å²) in [6, 6.07) is 11.1. The number of carbonyl (C=O) groups excluding carboxylic acids is 1. The molecule has 0 saturated carbocycles. The predicted octanol–water partition coefficient (Wildman–Crippen LogP) is 1.61. The smallest absolute Gasteiger partial charge is 0.253 e. The third-order valence-electron chi connectivity index (χ3n) is 5.58. The molecule has 1 amide bonds. The lowest BCUT2D eigenvalue weighted by atomic mass is 10.1. The van der Waals surface area contributed by atoms with Gasteiger partial charge in [0.15, 0.2) is 9.84 Å². The van der Waals surface area contributed by atoms with Crippen LogP contribution in [0.15, 0.2) is 48.8 Å². The van der Waals surface area contributed by atoms with Gasteiger partial charge in [-0.15, -0.1) is 0 Å². The lowest BCUT2D eigenvalue weighted by molar-refractivity contribution is 0.0588. The van der Waals surface area contributed by atoms with Gasteiger partial charge in [0.05, 0.1) is 11.5 Å². The Balaban J connectivity index is 1.28. The molecule has 2 aliphatic heterocycles. The highest BCUT2D eigenvalue weighted by molar-refractivity contribution is 7.91. The van der Waals surface area contributed by atoms with Crippen molar-refractivity contribution in [3.05, 3.63) is 59.9 Å². The maximum absolute atomic E-state index is 12.8. The van der Waals surface area contributed by atoms with Gasteiger partial charge in [-0.3, -0.25) is 14.7 Å². The maximum Gasteiger partial charge on any atom is 0.253 e. The van der Waals surface area contributed by atoms with Crippen LogP contribution in [0.4, 0.5) is 0 Å². The van der Waals surface area contributed by atoms with E-state index in [9.17, 15) is 13.2 Å². The van der Waals surface area contributed by atoms with E-state index >= 15 is 0 Å². The Morgan fingerprint density at radius 1 is 1.03 bits per heavy atom. The molecule has 1 aromatic carbocycles. The molecule has 2 fully saturated rings. The van der Waals surface area contributed by atoms with E-state index in [2.05, 4.69) is 9.88 Å². The molecule has 0 unspecified atom stereocenters. The maximum atomic E-state index is 12.8. The van der Waals surface area contributed by atoms with E-state index in [1.165, 1.54) is 0 Å². The summed E-state index contributed by atoms with van der Waals surface area (Å²) in [5.41, 5.74) is 1.67. The summed E-state index contributed by atoms with van der Waals surface area (Å²) < 4.78 is 29.1. The minimum atomic E-state index is -2.88. The molecule has 8 heteroatoms. The molecule has 7 nitrogen and oxygen atoms in total. The van der Waals surface area contributed by atoms with Crippen molar-refractivity contribution in [3.8, 4) is 5.75 Å². The minimum Gasteiger partial charge on any atom is -0.489 e. The Hall–Kier alpha value is -2.45. The van der Waals surface area contributed by atoms with Crippen molar-refractivity contribution >= 4 is 15.7 Å². The van der Waals surface area contributed by atoms with Crippen molar-refractivity contribution in [2.24, 2.45) is 0 Å². The van der Waals surface area contributed by atoms with E-state index in [0.717, 1.165) is 18.7 Å². The molecule has 4 rings (SSSR count). The Labute approximate surface area is 171 Å². The van der Waals surface area contributed by atoms with Crippen molar-refractivity contribution in [2.75, 3.05) is 37.7 Å². The summed E-state index contributed by atoms with van der Waals surface area (Å²) in [7, 11) is -2.88. The fourth-order valence-electron chi connectivity index (χ4n) is 3.88. The number of aromatic nitrogens is 1. The Morgan fingerprint density at radius 3 is 2.34 bits per heavy atom. The van der Waals surface area contributed by atoms with Gasteiger partial charge in [-0.05, 0) is 48.4 Å². The Morgan fingerprint density at radius 2 is 1.72 bits per heavy atom. The quantitative estimate of drug-likeness (QED) is 0.738. The molecular weight excluding hydrogens is 390 g/mol. The standard InChI is InChI=1S/C21H25N3O4S/c25-21(24-12-10-23(11-13-24)19-7-14-29(26,27)16-19)18-1-3-20(4-2-18)28-15-17-5-8-22-9-6-17/h1-6,8-9,19H,7,10-16H2/t19-/m1/s1. The molecule has 154 valence electrons. The van der Waals surface area contributed by atoms with Crippen LogP contribution in [0.5, 0.6) is 5.75 Å². The van der Waals surface area contributed by atoms with Crippen LogP contribution < -0.4 is 4.74 Å². The van der Waals surface area contributed by atoms with Gasteiger partial charge in [-0.2, -0.15) is 0 Å². The second kappa shape index (κ2) is 8.51. The molecule has 1 aromatic heterocycles. The van der Waals surface area contributed by atoms with Crippen molar-refractivity contribution < 1.29 is 17.9 Å². The summed E-state index contributed by atoms with van der Waals surface area (Å²) in [5.74, 6) is 1.25. The number of ether oxygens (including phenoxy) is 1. The molecule has 0 radical (unpaired) electrons. The second-order valence-corrected chi connectivity index (χ2v) is 9.78. The summed E-state index contributed by atoms with van der Waals surface area (Å²) in [6.45, 7) is 3.14. The molecule has 1 atom stereocenters. The molecule has 0 spiro atoms. The zero-order valence-corrected chi connectivity index (χ0v) is 17.1. The molecule has 3 heterocycles. The summed E-state index contributed by atoms with van der Waals surface area (Å²) >= 11 is 0. The van der Waals surface area contributed by atoms with Crippen LogP contribution >= 0.6 is 0 Å². The zero-order valence-electron chi connectivity index (χ0n) is 16.2. The van der Waals surface area contributed by atoms with E-state index in [-0.39, 0.29) is 23.5 Å². The van der Waals surface area contributed by atoms with Crippen LogP contribution in [0.2, 0.25) is 0 Å². The third-order valence-corrected chi connectivity index (χ3v) is 7.33.